The van der Waals surface area contributed by atoms with Crippen molar-refractivity contribution < 1.29 is 14.4 Å². The Balaban J connectivity index is 2.55. The third kappa shape index (κ3) is 3.71. The monoisotopic (exact) mass is 342 g/mol. The van der Waals surface area contributed by atoms with Gasteiger partial charge >= 0.3 is 5.97 Å². The number of halogens is 2. The summed E-state index contributed by atoms with van der Waals surface area (Å²) < 4.78 is 5.08. The van der Waals surface area contributed by atoms with Crippen LogP contribution in [0.5, 0.6) is 0 Å². The number of alkyl halides is 2. The Kier molecular flexibility index (Phi) is 4.62. The minimum Gasteiger partial charge on any atom is -0.458 e. The molecule has 0 radical (unpaired) electrons. The second-order valence-corrected chi connectivity index (χ2v) is 7.78. The fourth-order valence-corrected chi connectivity index (χ4v) is 2.21. The first-order chi connectivity index (χ1) is 6.83. The lowest BCUT2D eigenvalue weighted by molar-refractivity contribution is -0.868. The van der Waals surface area contributed by atoms with Crippen LogP contribution in [0, 0.1) is 5.92 Å². The number of esters is 1. The number of rotatable bonds is 3. The molecule has 1 N–H and O–H groups in total. The van der Waals surface area contributed by atoms with Crippen LogP contribution < -0.4 is 4.90 Å². The Bertz CT molecular complexity index is 244. The molecule has 0 bridgehead atoms. The number of carbonyl (C=O) groups excluding carboxylic acids is 1. The van der Waals surface area contributed by atoms with Crippen molar-refractivity contribution in [2.24, 2.45) is 5.92 Å². The molecule has 0 spiro atoms. The number of hydrogen-bond donors (Lipinski definition) is 1. The molecule has 1 saturated heterocycles. The minimum absolute atomic E-state index is 0.246. The second kappa shape index (κ2) is 5.15. The quantitative estimate of drug-likeness (QED) is 0.611. The fraction of sp³-hybridized carbons (Fsp3) is 0.900. The molecular weight excluding hydrogens is 326 g/mol. The Morgan fingerprint density at radius 1 is 1.53 bits per heavy atom. The standard InChI is InChI=1S/C10H17Br2NO2/c1-10(2,15-9(14)8(11)12)7-4-5-13(3)6-7/h7-8H,4-6H2,1-3H3/p+1. The molecule has 0 aromatic rings. The number of likely N-dealkylation sites (tertiary alicyclic amines) is 1. The van der Waals surface area contributed by atoms with Crippen LogP contribution in [-0.4, -0.2) is 35.4 Å². The van der Waals surface area contributed by atoms with Crippen molar-refractivity contribution in [2.75, 3.05) is 20.1 Å². The third-order valence-electron chi connectivity index (χ3n) is 3.04. The molecule has 1 heterocycles. The van der Waals surface area contributed by atoms with Gasteiger partial charge in [0.15, 0.2) is 3.74 Å². The highest BCUT2D eigenvalue weighted by atomic mass is 79.9. The van der Waals surface area contributed by atoms with E-state index in [4.69, 9.17) is 4.74 Å². The van der Waals surface area contributed by atoms with Crippen molar-refractivity contribution in [3.63, 3.8) is 0 Å². The van der Waals surface area contributed by atoms with E-state index in [1.807, 2.05) is 13.8 Å². The van der Waals surface area contributed by atoms with E-state index in [9.17, 15) is 4.79 Å². The van der Waals surface area contributed by atoms with Crippen LogP contribution in [0.25, 0.3) is 0 Å². The molecule has 1 aliphatic heterocycles. The Morgan fingerprint density at radius 3 is 2.53 bits per heavy atom. The van der Waals surface area contributed by atoms with Crippen molar-refractivity contribution in [2.45, 2.75) is 29.6 Å². The Hall–Kier alpha value is 0.390. The van der Waals surface area contributed by atoms with Crippen molar-refractivity contribution in [3.8, 4) is 0 Å². The summed E-state index contributed by atoms with van der Waals surface area (Å²) in [5.74, 6) is 0.213. The van der Waals surface area contributed by atoms with Crippen molar-refractivity contribution in [3.05, 3.63) is 0 Å². The highest BCUT2D eigenvalue weighted by molar-refractivity contribution is 9.25. The maximum absolute atomic E-state index is 11.5. The van der Waals surface area contributed by atoms with Gasteiger partial charge in [-0.25, -0.2) is 4.79 Å². The summed E-state index contributed by atoms with van der Waals surface area (Å²) in [6.07, 6.45) is 1.13. The predicted octanol–water partition coefficient (Wildman–Crippen LogP) is 0.959. The van der Waals surface area contributed by atoms with E-state index < -0.39 is 3.74 Å². The van der Waals surface area contributed by atoms with Gasteiger partial charge in [-0.2, -0.15) is 0 Å². The van der Waals surface area contributed by atoms with E-state index in [2.05, 4.69) is 38.9 Å². The van der Waals surface area contributed by atoms with Gasteiger partial charge in [-0.05, 0) is 13.8 Å². The smallest absolute Gasteiger partial charge is 0.331 e. The average molecular weight is 344 g/mol. The minimum atomic E-state index is -0.407. The van der Waals surface area contributed by atoms with E-state index >= 15 is 0 Å². The normalized spacial score (nSPS) is 27.1. The molecule has 5 heteroatoms. The number of hydrogen-bond acceptors (Lipinski definition) is 2. The third-order valence-corrected chi connectivity index (χ3v) is 3.79. The molecule has 3 nitrogen and oxygen atoms in total. The van der Waals surface area contributed by atoms with Gasteiger partial charge in [-0.1, -0.05) is 31.9 Å². The topological polar surface area (TPSA) is 30.7 Å². The highest BCUT2D eigenvalue weighted by Gasteiger charge is 2.40. The lowest BCUT2D eigenvalue weighted by atomic mass is 9.90. The Labute approximate surface area is 108 Å². The van der Waals surface area contributed by atoms with Gasteiger partial charge in [0.05, 0.1) is 26.1 Å². The van der Waals surface area contributed by atoms with E-state index in [1.165, 1.54) is 4.90 Å². The first-order valence-corrected chi connectivity index (χ1v) is 6.98. The van der Waals surface area contributed by atoms with Crippen LogP contribution in [-0.2, 0) is 9.53 Å². The molecule has 1 rings (SSSR count). The molecule has 1 aliphatic rings. The van der Waals surface area contributed by atoms with E-state index in [-0.39, 0.29) is 11.6 Å². The lowest BCUT2D eigenvalue weighted by Crippen LogP contribution is -3.07. The molecule has 2 atom stereocenters. The summed E-state index contributed by atoms with van der Waals surface area (Å²) in [4.78, 5) is 13.0. The molecule has 2 unspecified atom stereocenters. The summed E-state index contributed by atoms with van der Waals surface area (Å²) >= 11 is 6.30. The molecule has 15 heavy (non-hydrogen) atoms. The largest absolute Gasteiger partial charge is 0.458 e. The van der Waals surface area contributed by atoms with Crippen molar-refractivity contribution in [1.29, 1.82) is 0 Å². The van der Waals surface area contributed by atoms with Gasteiger partial charge in [0, 0.05) is 6.42 Å². The van der Waals surface area contributed by atoms with E-state index in [0.29, 0.717) is 5.92 Å². The van der Waals surface area contributed by atoms with Crippen LogP contribution in [0.4, 0.5) is 0 Å². The molecule has 0 aliphatic carbocycles. The van der Waals surface area contributed by atoms with Gasteiger partial charge in [-0.15, -0.1) is 0 Å². The van der Waals surface area contributed by atoms with Crippen LogP contribution in [0.15, 0.2) is 0 Å². The summed E-state index contributed by atoms with van der Waals surface area (Å²) in [6.45, 7) is 6.24. The van der Waals surface area contributed by atoms with Crippen LogP contribution in [0.2, 0.25) is 0 Å². The van der Waals surface area contributed by atoms with Crippen LogP contribution >= 0.6 is 31.9 Å². The first kappa shape index (κ1) is 13.5. The van der Waals surface area contributed by atoms with Crippen LogP contribution in [0.1, 0.15) is 20.3 Å². The van der Waals surface area contributed by atoms with E-state index in [1.54, 1.807) is 0 Å². The molecule has 0 aromatic heterocycles. The summed E-state index contributed by atoms with van der Waals surface area (Å²) in [5.41, 5.74) is -0.366. The SMILES string of the molecule is C[NH+]1CCC(C(C)(C)OC(=O)C(Br)Br)C1. The van der Waals surface area contributed by atoms with Crippen molar-refractivity contribution in [1.82, 2.24) is 0 Å². The summed E-state index contributed by atoms with van der Waals surface area (Å²) in [5, 5.41) is 0. The maximum Gasteiger partial charge on any atom is 0.331 e. The number of nitrogens with one attached hydrogen (secondary N) is 1. The highest BCUT2D eigenvalue weighted by Crippen LogP contribution is 2.27. The van der Waals surface area contributed by atoms with Gasteiger partial charge in [0.1, 0.15) is 5.60 Å². The van der Waals surface area contributed by atoms with Gasteiger partial charge in [-0.3, -0.25) is 0 Å². The zero-order valence-electron chi connectivity index (χ0n) is 9.35. The molecular formula is C10H18Br2NO2+. The molecule has 0 saturated carbocycles. The molecule has 1 fully saturated rings. The molecule has 0 aromatic carbocycles. The van der Waals surface area contributed by atoms with Gasteiger partial charge < -0.3 is 9.64 Å². The molecule has 88 valence electrons. The maximum atomic E-state index is 11.5. The summed E-state index contributed by atoms with van der Waals surface area (Å²) in [6, 6.07) is 0. The zero-order chi connectivity index (χ0) is 11.6. The lowest BCUT2D eigenvalue weighted by Gasteiger charge is -2.30. The average Bonchev–Trinajstić information content (AvgIpc) is 2.51. The fourth-order valence-electron chi connectivity index (χ4n) is 2.03. The number of quaternary nitrogens is 1. The zero-order valence-corrected chi connectivity index (χ0v) is 12.5. The van der Waals surface area contributed by atoms with Gasteiger partial charge in [0.25, 0.3) is 0 Å². The molecule has 0 amide bonds. The number of ether oxygens (including phenoxy) is 1. The second-order valence-electron chi connectivity index (χ2n) is 4.72. The van der Waals surface area contributed by atoms with Crippen molar-refractivity contribution >= 4 is 37.8 Å². The first-order valence-electron chi connectivity index (χ1n) is 5.15. The van der Waals surface area contributed by atoms with Crippen LogP contribution in [0.3, 0.4) is 0 Å². The number of carbonyl (C=O) groups is 1. The summed E-state index contributed by atoms with van der Waals surface area (Å²) in [7, 11) is 2.18. The van der Waals surface area contributed by atoms with Gasteiger partial charge in [0.2, 0.25) is 0 Å². The van der Waals surface area contributed by atoms with E-state index in [0.717, 1.165) is 19.5 Å². The predicted molar refractivity (Wildman–Crippen MR) is 66.5 cm³/mol. The Morgan fingerprint density at radius 2 is 2.13 bits per heavy atom.